The molecule has 2 heteroatoms. The summed E-state index contributed by atoms with van der Waals surface area (Å²) >= 11 is 0. The van der Waals surface area contributed by atoms with Gasteiger partial charge in [0, 0.05) is 5.41 Å². The predicted octanol–water partition coefficient (Wildman–Crippen LogP) is 11.8. The molecule has 1 aliphatic carbocycles. The normalized spacial score (nSPS) is 13.2. The molecule has 8 aromatic rings. The van der Waals surface area contributed by atoms with Crippen molar-refractivity contribution >= 4 is 46.4 Å². The van der Waals surface area contributed by atoms with Crippen LogP contribution in [-0.2, 0) is 17.7 Å². The second kappa shape index (κ2) is 15.9. The fourth-order valence-electron chi connectivity index (χ4n) is 9.88. The van der Waals surface area contributed by atoms with Crippen LogP contribution in [0, 0.1) is 0 Å². The third-order valence-electron chi connectivity index (χ3n) is 12.7. The lowest BCUT2D eigenvalue weighted by atomic mass is 9.73. The van der Waals surface area contributed by atoms with E-state index in [0.29, 0.717) is 0 Å². The molecule has 0 spiro atoms. The maximum Gasteiger partial charge on any atom is 0.116 e. The first-order chi connectivity index (χ1) is 28.1. The predicted molar refractivity (Wildman–Crippen MR) is 251 cm³/mol. The van der Waals surface area contributed by atoms with E-state index in [0.717, 1.165) is 25.2 Å². The Morgan fingerprint density at radius 3 is 0.789 bits per heavy atom. The quantitative estimate of drug-likeness (QED) is 0.109. The van der Waals surface area contributed by atoms with Gasteiger partial charge in [-0.05, 0) is 119 Å². The van der Waals surface area contributed by atoms with Gasteiger partial charge in [-0.25, -0.2) is 0 Å². The minimum Gasteiger partial charge on any atom is -0.0642 e. The maximum atomic E-state index is 2.61. The molecule has 0 fully saturated rings. The highest BCUT2D eigenvalue weighted by Gasteiger charge is 2.48. The molecule has 0 bridgehead atoms. The molecule has 0 heterocycles. The van der Waals surface area contributed by atoms with E-state index in [9.17, 15) is 0 Å². The summed E-state index contributed by atoms with van der Waals surface area (Å²) in [5.41, 5.74) is 8.58. The van der Waals surface area contributed by atoms with Gasteiger partial charge >= 0.3 is 0 Å². The van der Waals surface area contributed by atoms with E-state index < -0.39 is 14.5 Å². The van der Waals surface area contributed by atoms with Crippen LogP contribution in [0.1, 0.15) is 48.9 Å². The van der Waals surface area contributed by atoms with E-state index in [-0.39, 0.29) is 5.41 Å². The van der Waals surface area contributed by atoms with Crippen LogP contribution in [0.25, 0.3) is 11.1 Å². The van der Waals surface area contributed by atoms with Crippen molar-refractivity contribution in [1.29, 1.82) is 0 Å². The summed E-state index contributed by atoms with van der Waals surface area (Å²) in [5.74, 6) is 0. The van der Waals surface area contributed by atoms with Crippen LogP contribution in [-0.4, -0.2) is 0 Å². The van der Waals surface area contributed by atoms with Gasteiger partial charge in [0.15, 0.2) is 0 Å². The lowest BCUT2D eigenvalue weighted by Gasteiger charge is -2.32. The van der Waals surface area contributed by atoms with Gasteiger partial charge in [-0.15, -0.1) is 0 Å². The topological polar surface area (TPSA) is 0 Å². The Morgan fingerprint density at radius 2 is 0.561 bits per heavy atom. The summed E-state index contributed by atoms with van der Waals surface area (Å²) in [7, 11) is -4.10. The first-order valence-electron chi connectivity index (χ1n) is 20.5. The molecule has 278 valence electrons. The van der Waals surface area contributed by atoms with Crippen molar-refractivity contribution in [3.8, 4) is 11.1 Å². The van der Waals surface area contributed by atoms with Gasteiger partial charge in [0.2, 0.25) is 0 Å². The SMILES string of the molecule is CCC1(CC)c2cc(C[P+](c3ccccc3)(c3ccccc3)c3ccccc3)ccc2-c2ccc(C[P+](c3ccccc3)(c3ccccc3)c3ccccc3)cc21. The molecule has 0 aromatic heterocycles. The zero-order valence-corrected chi connectivity index (χ0v) is 34.8. The molecule has 0 radical (unpaired) electrons. The number of hydrogen-bond acceptors (Lipinski definition) is 0. The summed E-state index contributed by atoms with van der Waals surface area (Å²) in [5, 5.41) is 8.56. The second-order valence-corrected chi connectivity index (χ2v) is 22.5. The number of hydrogen-bond donors (Lipinski definition) is 0. The van der Waals surface area contributed by atoms with Gasteiger partial charge < -0.3 is 0 Å². The van der Waals surface area contributed by atoms with Gasteiger partial charge in [0.1, 0.15) is 46.4 Å². The van der Waals surface area contributed by atoms with Crippen molar-refractivity contribution in [2.24, 2.45) is 0 Å². The molecule has 0 unspecified atom stereocenters. The third-order valence-corrected chi connectivity index (χ3v) is 21.5. The minimum atomic E-state index is -2.05. The van der Waals surface area contributed by atoms with Crippen molar-refractivity contribution < 1.29 is 0 Å². The van der Waals surface area contributed by atoms with Crippen LogP contribution in [0.5, 0.6) is 0 Å². The summed E-state index contributed by atoms with van der Waals surface area (Å²) in [6, 6.07) is 82.9. The molecule has 0 nitrogen and oxygen atoms in total. The van der Waals surface area contributed by atoms with E-state index in [2.05, 4.69) is 232 Å². The number of benzene rings is 8. The van der Waals surface area contributed by atoms with Gasteiger partial charge in [-0.1, -0.05) is 159 Å². The summed E-state index contributed by atoms with van der Waals surface area (Å²) in [6.07, 6.45) is 4.06. The molecule has 0 N–H and O–H groups in total. The smallest absolute Gasteiger partial charge is 0.0642 e. The van der Waals surface area contributed by atoms with E-state index in [1.165, 1.54) is 65.2 Å². The molecule has 57 heavy (non-hydrogen) atoms. The summed E-state index contributed by atoms with van der Waals surface area (Å²) < 4.78 is 0. The molecular weight excluding hydrogens is 723 g/mol. The van der Waals surface area contributed by atoms with Crippen molar-refractivity contribution in [2.75, 3.05) is 0 Å². The Balaban J connectivity index is 1.18. The van der Waals surface area contributed by atoms with E-state index in [4.69, 9.17) is 0 Å². The Kier molecular flexibility index (Phi) is 10.4. The van der Waals surface area contributed by atoms with Crippen LogP contribution < -0.4 is 31.8 Å². The van der Waals surface area contributed by atoms with Crippen molar-refractivity contribution in [1.82, 2.24) is 0 Å². The average Bonchev–Trinajstić information content (AvgIpc) is 3.57. The number of fused-ring (bicyclic) bond motifs is 3. The van der Waals surface area contributed by atoms with Gasteiger partial charge in [0.25, 0.3) is 0 Å². The van der Waals surface area contributed by atoms with Gasteiger partial charge in [-0.3, -0.25) is 0 Å². The standard InChI is InChI=1S/C55H50P2/c1-3-55(4-2)53-39-43(41-56(45-23-11-5-12-24-45,46-25-13-6-14-26-46)47-27-15-7-16-28-47)35-37-51(53)52-38-36-44(40-54(52)55)42-57(48-29-17-8-18-30-48,49-31-19-9-20-32-49)50-33-21-10-22-34-50/h5-40H,3-4,41-42H2,1-2H3/q+2. The first-order valence-corrected chi connectivity index (χ1v) is 24.4. The van der Waals surface area contributed by atoms with Crippen molar-refractivity contribution in [3.05, 3.63) is 241 Å². The van der Waals surface area contributed by atoms with Crippen LogP contribution in [0.2, 0.25) is 0 Å². The molecule has 9 rings (SSSR count). The average molecular weight is 773 g/mol. The highest BCUT2D eigenvalue weighted by Crippen LogP contribution is 2.61. The Labute approximate surface area is 341 Å². The van der Waals surface area contributed by atoms with Gasteiger partial charge in [0.05, 0.1) is 12.3 Å². The second-order valence-electron chi connectivity index (χ2n) is 15.5. The first kappa shape index (κ1) is 37.2. The molecule has 1 aliphatic rings. The molecular formula is C55H50P2+2. The van der Waals surface area contributed by atoms with E-state index in [1.54, 1.807) is 0 Å². The van der Waals surface area contributed by atoms with Crippen LogP contribution in [0.4, 0.5) is 0 Å². The fraction of sp³-hybridized carbons (Fsp3) is 0.127. The van der Waals surface area contributed by atoms with Crippen LogP contribution >= 0.6 is 14.5 Å². The molecule has 0 saturated heterocycles. The number of rotatable bonds is 12. The Bertz CT molecular complexity index is 2190. The van der Waals surface area contributed by atoms with Crippen molar-refractivity contribution in [2.45, 2.75) is 44.4 Å². The monoisotopic (exact) mass is 772 g/mol. The van der Waals surface area contributed by atoms with E-state index >= 15 is 0 Å². The molecule has 0 amide bonds. The third kappa shape index (κ3) is 6.41. The lowest BCUT2D eigenvalue weighted by molar-refractivity contribution is 0.490. The molecule has 0 aliphatic heterocycles. The highest BCUT2D eigenvalue weighted by atomic mass is 31.2. The van der Waals surface area contributed by atoms with Crippen LogP contribution in [0.15, 0.2) is 218 Å². The zero-order chi connectivity index (χ0) is 38.7. The lowest BCUT2D eigenvalue weighted by Crippen LogP contribution is -2.32. The van der Waals surface area contributed by atoms with E-state index in [1.807, 2.05) is 0 Å². The molecule has 0 atom stereocenters. The molecule has 8 aromatic carbocycles. The zero-order valence-electron chi connectivity index (χ0n) is 33.0. The minimum absolute atomic E-state index is 0.0582. The summed E-state index contributed by atoms with van der Waals surface area (Å²) in [6.45, 7) is 4.82. The van der Waals surface area contributed by atoms with Crippen molar-refractivity contribution in [3.63, 3.8) is 0 Å². The summed E-state index contributed by atoms with van der Waals surface area (Å²) in [4.78, 5) is 0. The Hall–Kier alpha value is -5.38. The van der Waals surface area contributed by atoms with Crippen LogP contribution in [0.3, 0.4) is 0 Å². The highest BCUT2D eigenvalue weighted by molar-refractivity contribution is 7.95. The largest absolute Gasteiger partial charge is 0.116 e. The van der Waals surface area contributed by atoms with Gasteiger partial charge in [-0.2, -0.15) is 0 Å². The fourth-order valence-corrected chi connectivity index (χ4v) is 18.3. The Morgan fingerprint density at radius 1 is 0.316 bits per heavy atom. The maximum absolute atomic E-state index is 2.61. The molecule has 0 saturated carbocycles.